The highest BCUT2D eigenvalue weighted by Crippen LogP contribution is 2.53. The van der Waals surface area contributed by atoms with Crippen LogP contribution in [0.15, 0.2) is 29.6 Å². The normalized spacial score (nSPS) is 25.0. The summed E-state index contributed by atoms with van der Waals surface area (Å²) in [6.45, 7) is 0. The number of thiophene rings is 1. The number of methoxy groups -OCH3 is 1. The topological polar surface area (TPSA) is 92.7 Å². The van der Waals surface area contributed by atoms with Crippen LogP contribution in [0.5, 0.6) is 0 Å². The van der Waals surface area contributed by atoms with Gasteiger partial charge in [0.1, 0.15) is 10.6 Å². The number of hydrogen-bond acceptors (Lipinski definition) is 5. The fourth-order valence-corrected chi connectivity index (χ4v) is 6.04. The summed E-state index contributed by atoms with van der Waals surface area (Å²) in [7, 11) is 1.28. The van der Waals surface area contributed by atoms with Crippen LogP contribution < -0.4 is 5.32 Å². The monoisotopic (exact) mass is 433 g/mol. The number of nitrogens with one attached hydrogen (secondary N) is 1. The lowest BCUT2D eigenvalue weighted by Gasteiger charge is -2.26. The van der Waals surface area contributed by atoms with E-state index < -0.39 is 23.8 Å². The first-order chi connectivity index (χ1) is 13.9. The van der Waals surface area contributed by atoms with Crippen molar-refractivity contribution < 1.29 is 24.2 Å². The molecule has 2 aliphatic carbocycles. The molecule has 29 heavy (non-hydrogen) atoms. The van der Waals surface area contributed by atoms with Crippen LogP contribution in [-0.2, 0) is 14.3 Å². The third-order valence-corrected chi connectivity index (χ3v) is 7.31. The number of fused-ring (bicyclic) bond motifs is 2. The summed E-state index contributed by atoms with van der Waals surface area (Å²) in [6.07, 6.45) is 2.49. The third-order valence-electron chi connectivity index (χ3n) is 6.09. The lowest BCUT2D eigenvalue weighted by atomic mass is 9.79. The maximum absolute atomic E-state index is 13.0. The molecule has 8 heteroatoms. The first-order valence-corrected chi connectivity index (χ1v) is 10.7. The molecule has 0 spiro atoms. The predicted molar refractivity (Wildman–Crippen MR) is 110 cm³/mol. The Morgan fingerprint density at radius 1 is 1.14 bits per heavy atom. The van der Waals surface area contributed by atoms with Crippen molar-refractivity contribution in [3.8, 4) is 11.1 Å². The largest absolute Gasteiger partial charge is 0.481 e. The van der Waals surface area contributed by atoms with Crippen molar-refractivity contribution in [2.24, 2.45) is 23.7 Å². The van der Waals surface area contributed by atoms with E-state index in [0.29, 0.717) is 21.2 Å². The third kappa shape index (κ3) is 3.42. The second-order valence-electron chi connectivity index (χ2n) is 7.54. The average molecular weight is 434 g/mol. The number of hydrogen-bond donors (Lipinski definition) is 2. The minimum Gasteiger partial charge on any atom is -0.481 e. The molecule has 1 amide bonds. The lowest BCUT2D eigenvalue weighted by Crippen LogP contribution is -2.37. The van der Waals surface area contributed by atoms with E-state index in [9.17, 15) is 19.5 Å². The molecule has 4 atom stereocenters. The molecule has 2 aliphatic rings. The molecule has 1 heterocycles. The Morgan fingerprint density at radius 3 is 2.48 bits per heavy atom. The van der Waals surface area contributed by atoms with Crippen LogP contribution in [0.2, 0.25) is 5.02 Å². The van der Waals surface area contributed by atoms with Crippen molar-refractivity contribution in [2.75, 3.05) is 12.4 Å². The lowest BCUT2D eigenvalue weighted by molar-refractivity contribution is -0.148. The number of carbonyl (C=O) groups excluding carboxylic acids is 2. The zero-order chi connectivity index (χ0) is 20.7. The number of carbonyl (C=O) groups is 3. The molecule has 0 unspecified atom stereocenters. The molecular weight excluding hydrogens is 414 g/mol. The summed E-state index contributed by atoms with van der Waals surface area (Å²) in [4.78, 5) is 37.3. The van der Waals surface area contributed by atoms with Gasteiger partial charge < -0.3 is 15.2 Å². The molecule has 0 saturated heterocycles. The average Bonchev–Trinajstić information content (AvgIpc) is 3.42. The van der Waals surface area contributed by atoms with E-state index in [0.717, 1.165) is 19.3 Å². The van der Waals surface area contributed by atoms with Crippen molar-refractivity contribution >= 4 is 45.8 Å². The molecule has 1 aromatic carbocycles. The molecule has 4 rings (SSSR count). The summed E-state index contributed by atoms with van der Waals surface area (Å²) in [5, 5.41) is 15.0. The Kier molecular flexibility index (Phi) is 5.36. The summed E-state index contributed by atoms with van der Waals surface area (Å²) in [5.74, 6) is -2.98. The second kappa shape index (κ2) is 7.80. The Bertz CT molecular complexity index is 987. The molecule has 152 valence electrons. The first kappa shape index (κ1) is 19.9. The minimum absolute atomic E-state index is 0.0512. The van der Waals surface area contributed by atoms with Crippen molar-refractivity contribution in [1.82, 2.24) is 0 Å². The van der Waals surface area contributed by atoms with Gasteiger partial charge in [-0.3, -0.25) is 9.59 Å². The number of rotatable bonds is 5. The summed E-state index contributed by atoms with van der Waals surface area (Å²) in [5.41, 5.74) is 1.47. The Labute approximate surface area is 176 Å². The molecule has 0 radical (unpaired) electrons. The van der Waals surface area contributed by atoms with Crippen LogP contribution in [0, 0.1) is 23.7 Å². The van der Waals surface area contributed by atoms with Crippen molar-refractivity contribution in [3.05, 3.63) is 40.2 Å². The molecular formula is C21H20ClNO5S. The van der Waals surface area contributed by atoms with Gasteiger partial charge in [-0.1, -0.05) is 29.8 Å². The van der Waals surface area contributed by atoms with Gasteiger partial charge in [-0.25, -0.2) is 4.79 Å². The van der Waals surface area contributed by atoms with Gasteiger partial charge in [0, 0.05) is 21.5 Å². The van der Waals surface area contributed by atoms with Crippen molar-refractivity contribution in [3.63, 3.8) is 0 Å². The fraction of sp³-hybridized carbons (Fsp3) is 0.381. The molecule has 2 N–H and O–H groups in total. The maximum atomic E-state index is 13.0. The predicted octanol–water partition coefficient (Wildman–Crippen LogP) is 4.54. The van der Waals surface area contributed by atoms with Crippen LogP contribution >= 0.6 is 22.9 Å². The van der Waals surface area contributed by atoms with Gasteiger partial charge in [-0.05, 0) is 37.2 Å². The molecule has 6 nitrogen and oxygen atoms in total. The maximum Gasteiger partial charge on any atom is 0.341 e. The van der Waals surface area contributed by atoms with E-state index in [2.05, 4.69) is 5.32 Å². The van der Waals surface area contributed by atoms with Crippen molar-refractivity contribution in [2.45, 2.75) is 19.3 Å². The number of amides is 1. The van der Waals surface area contributed by atoms with Crippen LogP contribution in [0.4, 0.5) is 5.00 Å². The van der Waals surface area contributed by atoms with E-state index in [1.807, 2.05) is 6.07 Å². The Morgan fingerprint density at radius 2 is 1.83 bits per heavy atom. The van der Waals surface area contributed by atoms with Crippen LogP contribution in [0.1, 0.15) is 29.6 Å². The molecule has 2 aromatic rings. The number of benzene rings is 1. The van der Waals surface area contributed by atoms with Gasteiger partial charge in [-0.2, -0.15) is 0 Å². The quantitative estimate of drug-likeness (QED) is 0.675. The molecule has 2 bridgehead atoms. The number of esters is 1. The highest BCUT2D eigenvalue weighted by molar-refractivity contribution is 7.15. The fourth-order valence-electron chi connectivity index (χ4n) is 4.85. The second-order valence-corrected chi connectivity index (χ2v) is 8.82. The number of carboxylic acids is 1. The standard InChI is InChI=1S/C21H20ClNO5S/c1-28-21(27)17-13(12-4-2-3-5-14(12)22)9-29-19(17)23-18(24)15-10-6-7-11(8-10)16(15)20(25)26/h2-5,9-11,15-16H,6-8H2,1H3,(H,23,24)(H,25,26)/t10-,11-,15+,16+/m0/s1. The Hall–Kier alpha value is -2.38. The Balaban J connectivity index is 1.67. The number of aliphatic carboxylic acids is 1. The highest BCUT2D eigenvalue weighted by atomic mass is 35.5. The molecule has 2 saturated carbocycles. The smallest absolute Gasteiger partial charge is 0.341 e. The van der Waals surface area contributed by atoms with Crippen LogP contribution in [-0.4, -0.2) is 30.1 Å². The van der Waals surface area contributed by atoms with E-state index >= 15 is 0 Å². The van der Waals surface area contributed by atoms with Crippen molar-refractivity contribution in [1.29, 1.82) is 0 Å². The number of ether oxygens (including phenoxy) is 1. The first-order valence-electron chi connectivity index (χ1n) is 9.40. The number of carboxylic acid groups (broad SMARTS) is 1. The SMILES string of the molecule is COC(=O)c1c(-c2ccccc2Cl)csc1NC(=O)[C@@H]1[C@H]2CC[C@@H](C2)[C@H]1C(=O)O. The summed E-state index contributed by atoms with van der Waals surface area (Å²) >= 11 is 7.50. The number of anilines is 1. The van der Waals surface area contributed by atoms with Gasteiger partial charge in [0.15, 0.2) is 0 Å². The van der Waals surface area contributed by atoms with E-state index in [1.54, 1.807) is 23.6 Å². The van der Waals surface area contributed by atoms with E-state index in [1.165, 1.54) is 18.4 Å². The van der Waals surface area contributed by atoms with Gasteiger partial charge in [0.2, 0.25) is 5.91 Å². The van der Waals surface area contributed by atoms with Crippen LogP contribution in [0.25, 0.3) is 11.1 Å². The van der Waals surface area contributed by atoms with E-state index in [4.69, 9.17) is 16.3 Å². The zero-order valence-corrected chi connectivity index (χ0v) is 17.3. The molecule has 0 aliphatic heterocycles. The van der Waals surface area contributed by atoms with E-state index in [-0.39, 0.29) is 23.3 Å². The summed E-state index contributed by atoms with van der Waals surface area (Å²) in [6, 6.07) is 7.12. The molecule has 2 fully saturated rings. The van der Waals surface area contributed by atoms with Gasteiger partial charge in [0.25, 0.3) is 0 Å². The number of halogens is 1. The summed E-state index contributed by atoms with van der Waals surface area (Å²) < 4.78 is 4.93. The zero-order valence-electron chi connectivity index (χ0n) is 15.7. The highest BCUT2D eigenvalue weighted by Gasteiger charge is 2.54. The van der Waals surface area contributed by atoms with Crippen LogP contribution in [0.3, 0.4) is 0 Å². The minimum atomic E-state index is -0.923. The molecule has 1 aromatic heterocycles. The van der Waals surface area contributed by atoms with Gasteiger partial charge in [0.05, 0.1) is 18.9 Å². The van der Waals surface area contributed by atoms with Gasteiger partial charge >= 0.3 is 11.9 Å². The van der Waals surface area contributed by atoms with Gasteiger partial charge in [-0.15, -0.1) is 11.3 Å².